The van der Waals surface area contributed by atoms with Crippen molar-refractivity contribution in [3.63, 3.8) is 0 Å². The van der Waals surface area contributed by atoms with Gasteiger partial charge in [-0.2, -0.15) is 0 Å². The third-order valence-electron chi connectivity index (χ3n) is 5.56. The second-order valence-corrected chi connectivity index (χ2v) is 7.62. The molecule has 3 aromatic rings. The maximum Gasteiger partial charge on any atom is 0.131 e. The molecule has 0 bridgehead atoms. The summed E-state index contributed by atoms with van der Waals surface area (Å²) in [6.45, 7) is 6.02. The monoisotopic (exact) mass is 391 g/mol. The number of phenols is 2. The lowest BCUT2D eigenvalue weighted by atomic mass is 9.84. The number of methoxy groups -OCH3 is 2. The molecule has 0 radical (unpaired) electrons. The highest BCUT2D eigenvalue weighted by atomic mass is 16.5. The van der Waals surface area contributed by atoms with Crippen molar-refractivity contribution in [3.8, 4) is 34.1 Å². The normalized spacial score (nSPS) is 15.8. The molecule has 1 unspecified atom stereocenters. The number of nitrogens with zero attached hydrogens (tertiary/aromatic N) is 1. The third-order valence-corrected chi connectivity index (χ3v) is 5.56. The molecule has 0 saturated heterocycles. The van der Waals surface area contributed by atoms with Gasteiger partial charge in [0, 0.05) is 22.9 Å². The minimum Gasteiger partial charge on any atom is -0.507 e. The molecule has 0 aliphatic carbocycles. The van der Waals surface area contributed by atoms with Crippen LogP contribution in [0.1, 0.15) is 30.5 Å². The van der Waals surface area contributed by atoms with Crippen LogP contribution in [0.4, 0.5) is 0 Å². The molecule has 0 spiro atoms. The van der Waals surface area contributed by atoms with Gasteiger partial charge in [0.15, 0.2) is 0 Å². The van der Waals surface area contributed by atoms with E-state index in [4.69, 9.17) is 14.5 Å². The second-order valence-electron chi connectivity index (χ2n) is 7.62. The fourth-order valence-electron chi connectivity index (χ4n) is 4.44. The van der Waals surface area contributed by atoms with Crippen LogP contribution in [0.5, 0.6) is 23.0 Å². The van der Waals surface area contributed by atoms with Gasteiger partial charge < -0.3 is 19.7 Å². The maximum atomic E-state index is 11.0. The van der Waals surface area contributed by atoms with Crippen molar-refractivity contribution in [2.45, 2.75) is 33.2 Å². The van der Waals surface area contributed by atoms with E-state index in [9.17, 15) is 10.2 Å². The molecular weight excluding hydrogens is 366 g/mol. The summed E-state index contributed by atoms with van der Waals surface area (Å²) < 4.78 is 11.1. The Morgan fingerprint density at radius 2 is 1.66 bits per heavy atom. The van der Waals surface area contributed by atoms with Crippen molar-refractivity contribution in [1.82, 2.24) is 0 Å². The minimum atomic E-state index is 0.104. The van der Waals surface area contributed by atoms with Gasteiger partial charge in [-0.25, -0.2) is 0 Å². The molecule has 1 aliphatic rings. The molecule has 0 amide bonds. The van der Waals surface area contributed by atoms with Crippen LogP contribution >= 0.6 is 0 Å². The standard InChI is InChI=1S/C24H25NO4/c1-12-8-16-15(6-7-18(26)24(16)20(9-12)28-4)23-17-10-13(2)25-14(3)22(17)21(29-5)11-19(23)27/h6-9,11,13,26-27H,10H2,1-5H3. The van der Waals surface area contributed by atoms with Gasteiger partial charge in [-0.05, 0) is 67.5 Å². The molecule has 0 aromatic heterocycles. The van der Waals surface area contributed by atoms with Gasteiger partial charge in [0.2, 0.25) is 0 Å². The molecule has 1 aliphatic heterocycles. The largest absolute Gasteiger partial charge is 0.507 e. The topological polar surface area (TPSA) is 71.3 Å². The first-order valence-electron chi connectivity index (χ1n) is 9.64. The molecule has 3 aromatic carbocycles. The number of fused-ring (bicyclic) bond motifs is 2. The zero-order valence-corrected chi connectivity index (χ0v) is 17.3. The van der Waals surface area contributed by atoms with Gasteiger partial charge in [-0.3, -0.25) is 4.99 Å². The van der Waals surface area contributed by atoms with Crippen molar-refractivity contribution in [2.75, 3.05) is 14.2 Å². The molecule has 0 fully saturated rings. The molecule has 1 heterocycles. The molecule has 5 nitrogen and oxygen atoms in total. The SMILES string of the molecule is COc1cc(O)c(-c2ccc(O)c3c(OC)cc(C)cc23)c2c1C(C)=NC(C)C2. The van der Waals surface area contributed by atoms with Crippen LogP contribution in [0.2, 0.25) is 0 Å². The summed E-state index contributed by atoms with van der Waals surface area (Å²) in [6, 6.07) is 9.16. The Morgan fingerprint density at radius 1 is 0.931 bits per heavy atom. The van der Waals surface area contributed by atoms with Gasteiger partial charge in [-0.15, -0.1) is 0 Å². The Kier molecular flexibility index (Phi) is 4.61. The van der Waals surface area contributed by atoms with E-state index in [0.29, 0.717) is 23.3 Å². The zero-order chi connectivity index (χ0) is 20.9. The van der Waals surface area contributed by atoms with E-state index < -0.39 is 0 Å². The lowest BCUT2D eigenvalue weighted by Crippen LogP contribution is -2.19. The van der Waals surface area contributed by atoms with Gasteiger partial charge >= 0.3 is 0 Å². The van der Waals surface area contributed by atoms with Crippen LogP contribution in [0.3, 0.4) is 0 Å². The Balaban J connectivity index is 2.14. The Morgan fingerprint density at radius 3 is 2.34 bits per heavy atom. The molecule has 29 heavy (non-hydrogen) atoms. The van der Waals surface area contributed by atoms with Crippen LogP contribution in [-0.2, 0) is 6.42 Å². The van der Waals surface area contributed by atoms with E-state index in [2.05, 4.69) is 6.92 Å². The number of aryl methyl sites for hydroxylation is 1. The lowest BCUT2D eigenvalue weighted by molar-refractivity contribution is 0.405. The number of aromatic hydroxyl groups is 2. The van der Waals surface area contributed by atoms with E-state index in [-0.39, 0.29) is 17.5 Å². The van der Waals surface area contributed by atoms with Crippen molar-refractivity contribution >= 4 is 16.5 Å². The van der Waals surface area contributed by atoms with Crippen LogP contribution in [0.25, 0.3) is 21.9 Å². The van der Waals surface area contributed by atoms with E-state index >= 15 is 0 Å². The lowest BCUT2D eigenvalue weighted by Gasteiger charge is -2.26. The molecule has 4 rings (SSSR count). The van der Waals surface area contributed by atoms with Gasteiger partial charge in [0.25, 0.3) is 0 Å². The smallest absolute Gasteiger partial charge is 0.131 e. The van der Waals surface area contributed by atoms with Crippen LogP contribution in [0.15, 0.2) is 35.3 Å². The first kappa shape index (κ1) is 19.1. The minimum absolute atomic E-state index is 0.104. The Hall–Kier alpha value is -3.21. The number of ether oxygens (including phenoxy) is 2. The molecule has 150 valence electrons. The summed E-state index contributed by atoms with van der Waals surface area (Å²) in [7, 11) is 3.19. The highest BCUT2D eigenvalue weighted by Crippen LogP contribution is 2.47. The van der Waals surface area contributed by atoms with Gasteiger partial charge in [0.1, 0.15) is 23.0 Å². The van der Waals surface area contributed by atoms with Crippen LogP contribution < -0.4 is 9.47 Å². The van der Waals surface area contributed by atoms with Crippen molar-refractivity contribution in [1.29, 1.82) is 0 Å². The Labute approximate surface area is 170 Å². The number of rotatable bonds is 3. The molecule has 2 N–H and O–H groups in total. The third kappa shape index (κ3) is 2.97. The van der Waals surface area contributed by atoms with Crippen molar-refractivity contribution < 1.29 is 19.7 Å². The number of aliphatic imine (C=N–C) groups is 1. The van der Waals surface area contributed by atoms with E-state index in [0.717, 1.165) is 38.9 Å². The fraction of sp³-hybridized carbons (Fsp3) is 0.292. The average molecular weight is 391 g/mol. The van der Waals surface area contributed by atoms with Crippen molar-refractivity contribution in [2.24, 2.45) is 4.99 Å². The summed E-state index contributed by atoms with van der Waals surface area (Å²) in [4.78, 5) is 4.71. The predicted molar refractivity (Wildman–Crippen MR) is 116 cm³/mol. The molecule has 0 saturated carbocycles. The number of benzene rings is 3. The second kappa shape index (κ2) is 6.99. The highest BCUT2D eigenvalue weighted by molar-refractivity contribution is 6.09. The van der Waals surface area contributed by atoms with E-state index in [1.807, 2.05) is 32.0 Å². The fourth-order valence-corrected chi connectivity index (χ4v) is 4.44. The van der Waals surface area contributed by atoms with E-state index in [1.165, 1.54) is 0 Å². The number of phenolic OH excluding ortho intramolecular Hbond substituents is 2. The number of hydrogen-bond donors (Lipinski definition) is 2. The highest BCUT2D eigenvalue weighted by Gasteiger charge is 2.27. The first-order valence-corrected chi connectivity index (χ1v) is 9.64. The van der Waals surface area contributed by atoms with E-state index in [1.54, 1.807) is 26.4 Å². The summed E-state index contributed by atoms with van der Waals surface area (Å²) >= 11 is 0. The Bertz CT molecular complexity index is 1160. The summed E-state index contributed by atoms with van der Waals surface area (Å²) in [5.74, 6) is 1.52. The average Bonchev–Trinajstić information content (AvgIpc) is 2.67. The van der Waals surface area contributed by atoms with Gasteiger partial charge in [0.05, 0.1) is 25.6 Å². The molecular formula is C24H25NO4. The molecule has 1 atom stereocenters. The van der Waals surface area contributed by atoms with Crippen LogP contribution in [-0.4, -0.2) is 36.2 Å². The first-order chi connectivity index (χ1) is 13.8. The summed E-state index contributed by atoms with van der Waals surface area (Å²) in [5, 5.41) is 23.0. The van der Waals surface area contributed by atoms with Crippen molar-refractivity contribution in [3.05, 3.63) is 47.0 Å². The predicted octanol–water partition coefficient (Wildman–Crippen LogP) is 5.00. The summed E-state index contributed by atoms with van der Waals surface area (Å²) in [6.07, 6.45) is 0.693. The molecule has 5 heteroatoms. The zero-order valence-electron chi connectivity index (χ0n) is 17.3. The maximum absolute atomic E-state index is 11.0. The summed E-state index contributed by atoms with van der Waals surface area (Å²) in [5.41, 5.74) is 5.44. The van der Waals surface area contributed by atoms with Crippen LogP contribution in [0, 0.1) is 6.92 Å². The van der Waals surface area contributed by atoms with Gasteiger partial charge in [-0.1, -0.05) is 6.07 Å². The number of hydrogen-bond acceptors (Lipinski definition) is 5. The quantitative estimate of drug-likeness (QED) is 0.659.